The monoisotopic (exact) mass is 134 g/mol. The van der Waals surface area contributed by atoms with E-state index in [2.05, 4.69) is 5.80 Å². The minimum atomic E-state index is -0.201. The summed E-state index contributed by atoms with van der Waals surface area (Å²) in [5.41, 5.74) is 0. The van der Waals surface area contributed by atoms with Crippen LogP contribution in [0.15, 0.2) is 17.2 Å². The van der Waals surface area contributed by atoms with Crippen molar-refractivity contribution in [3.05, 3.63) is 17.2 Å². The van der Waals surface area contributed by atoms with Gasteiger partial charge in [0.15, 0.2) is 0 Å². The van der Waals surface area contributed by atoms with Gasteiger partial charge in [-0.05, 0) is 6.07 Å². The van der Waals surface area contributed by atoms with Crippen molar-refractivity contribution >= 4 is 29.1 Å². The minimum Gasteiger partial charge on any atom is -0.474 e. The molecule has 3 heteroatoms. The molecule has 0 N–H and O–H groups in total. The van der Waals surface area contributed by atoms with Crippen LogP contribution in [0.4, 0.5) is 0 Å². The Morgan fingerprint density at radius 1 is 1.67 bits per heavy atom. The molecule has 1 aromatic rings. The molecule has 0 aliphatic carbocycles. The smallest absolute Gasteiger partial charge is 0.103 e. The van der Waals surface area contributed by atoms with Crippen molar-refractivity contribution in [2.45, 2.75) is 0 Å². The van der Waals surface area contributed by atoms with Gasteiger partial charge in [0.2, 0.25) is 0 Å². The van der Waals surface area contributed by atoms with E-state index >= 15 is 0 Å². The van der Waals surface area contributed by atoms with Gasteiger partial charge in [-0.15, -0.1) is 0 Å². The van der Waals surface area contributed by atoms with Crippen LogP contribution < -0.4 is 0 Å². The average Bonchev–Trinajstić information content (AvgIpc) is 1.86. The highest BCUT2D eigenvalue weighted by Crippen LogP contribution is 2.29. The Bertz CT molecular complexity index is 112. The Kier molecular flexibility index (Phi) is 1.52. The van der Waals surface area contributed by atoms with Crippen LogP contribution in [0.1, 0.15) is 0 Å². The summed E-state index contributed by atoms with van der Waals surface area (Å²) in [7, 11) is 1.74. The molecule has 0 aliphatic heterocycles. The van der Waals surface area contributed by atoms with E-state index in [1.54, 1.807) is 10.9 Å². The Morgan fingerprint density at radius 3 is 2.67 bits per heavy atom. The Labute approximate surface area is 46.8 Å². The Balaban J connectivity index is 3.05. The SMILES string of the molecule is [S-][p+]1cccs1. The quantitative estimate of drug-likeness (QED) is 0.491. The maximum absolute atomic E-state index is 4.91. The highest BCUT2D eigenvalue weighted by Gasteiger charge is 1.79. The van der Waals surface area contributed by atoms with Gasteiger partial charge < -0.3 is 12.2 Å². The van der Waals surface area contributed by atoms with Crippen molar-refractivity contribution in [3.63, 3.8) is 0 Å². The zero-order valence-electron chi connectivity index (χ0n) is 3.00. The summed E-state index contributed by atoms with van der Waals surface area (Å²) in [6.45, 7) is 0. The molecule has 1 aromatic heterocycles. The fourth-order valence-corrected chi connectivity index (χ4v) is 2.57. The van der Waals surface area contributed by atoms with Crippen molar-refractivity contribution < 1.29 is 0 Å². The number of hydrogen-bond acceptors (Lipinski definition) is 2. The lowest BCUT2D eigenvalue weighted by Crippen LogP contribution is -1.19. The van der Waals surface area contributed by atoms with Crippen LogP contribution in [0.2, 0.25) is 0 Å². The molecule has 32 valence electrons. The molecule has 0 spiro atoms. The van der Waals surface area contributed by atoms with E-state index in [1.165, 1.54) is 0 Å². The Hall–Kier alpha value is 0.480. The van der Waals surface area contributed by atoms with Gasteiger partial charge in [0.1, 0.15) is 5.80 Å². The van der Waals surface area contributed by atoms with Gasteiger partial charge in [0.25, 0.3) is 0 Å². The highest BCUT2D eigenvalue weighted by atomic mass is 32.9. The lowest BCUT2D eigenvalue weighted by atomic mass is 10.8. The van der Waals surface area contributed by atoms with Crippen LogP contribution in [-0.2, 0) is 12.2 Å². The van der Waals surface area contributed by atoms with Gasteiger partial charge in [0.05, 0.1) is 5.91 Å². The van der Waals surface area contributed by atoms with Crippen molar-refractivity contribution in [2.24, 2.45) is 0 Å². The van der Waals surface area contributed by atoms with Gasteiger partial charge in [-0.25, -0.2) is 0 Å². The third-order valence-electron chi connectivity index (χ3n) is 0.451. The standard InChI is InChI=1S/C3H3PS2/c5-4-2-1-3-6-4/h1-3H. The molecule has 1 unspecified atom stereocenters. The molecule has 1 atom stereocenters. The normalized spacial score (nSPS) is 11.8. The maximum atomic E-state index is 4.91. The first-order valence-corrected chi connectivity index (χ1v) is 5.43. The first-order valence-electron chi connectivity index (χ1n) is 1.53. The van der Waals surface area contributed by atoms with Crippen molar-refractivity contribution in [2.75, 3.05) is 0 Å². The molecule has 0 fully saturated rings. The van der Waals surface area contributed by atoms with Gasteiger partial charge in [-0.2, -0.15) is 0 Å². The van der Waals surface area contributed by atoms with Gasteiger partial charge in [-0.1, -0.05) is 0 Å². The maximum Gasteiger partial charge on any atom is 0.103 e. The van der Waals surface area contributed by atoms with Crippen LogP contribution in [0.25, 0.3) is 0 Å². The molecule has 0 aliphatic rings. The molecule has 1 heterocycles. The summed E-state index contributed by atoms with van der Waals surface area (Å²) in [5, 5.41) is 2.04. The predicted octanol–water partition coefficient (Wildman–Crippen LogP) is 2.33. The first kappa shape index (κ1) is 4.63. The molecule has 0 saturated heterocycles. The van der Waals surface area contributed by atoms with Crippen molar-refractivity contribution in [1.82, 2.24) is 0 Å². The van der Waals surface area contributed by atoms with Crippen molar-refractivity contribution in [3.8, 4) is 0 Å². The largest absolute Gasteiger partial charge is 0.474 e. The highest BCUT2D eigenvalue weighted by molar-refractivity contribution is 8.42. The van der Waals surface area contributed by atoms with Crippen molar-refractivity contribution in [1.29, 1.82) is 0 Å². The van der Waals surface area contributed by atoms with Crippen LogP contribution in [0.3, 0.4) is 0 Å². The second-order valence-corrected chi connectivity index (χ2v) is 5.91. The summed E-state index contributed by atoms with van der Waals surface area (Å²) < 4.78 is 0. The van der Waals surface area contributed by atoms with E-state index < -0.39 is 0 Å². The number of hydrogen-bond donors (Lipinski definition) is 0. The zero-order valence-corrected chi connectivity index (χ0v) is 5.52. The van der Waals surface area contributed by atoms with E-state index in [4.69, 9.17) is 12.2 Å². The average molecular weight is 134 g/mol. The zero-order chi connectivity index (χ0) is 4.41. The topological polar surface area (TPSA) is 0 Å². The minimum absolute atomic E-state index is 0.201. The fraction of sp³-hybridized carbons (Fsp3) is 0. The second kappa shape index (κ2) is 1.97. The van der Waals surface area contributed by atoms with Gasteiger partial charge >= 0.3 is 0 Å². The predicted molar refractivity (Wildman–Crippen MR) is 34.2 cm³/mol. The third-order valence-corrected chi connectivity index (χ3v) is 3.85. The molecule has 0 nitrogen and oxygen atoms in total. The molecular weight excluding hydrogens is 131 g/mol. The van der Waals surface area contributed by atoms with Crippen LogP contribution in [0.5, 0.6) is 0 Å². The number of rotatable bonds is 0. The summed E-state index contributed by atoms with van der Waals surface area (Å²) in [6.07, 6.45) is 0. The second-order valence-electron chi connectivity index (χ2n) is 0.868. The lowest BCUT2D eigenvalue weighted by molar-refractivity contribution is 2.13. The van der Waals surface area contributed by atoms with E-state index in [1.807, 2.05) is 11.4 Å². The Morgan fingerprint density at radius 2 is 2.50 bits per heavy atom. The molecule has 1 rings (SSSR count). The first-order chi connectivity index (χ1) is 2.89. The van der Waals surface area contributed by atoms with Crippen LogP contribution in [-0.4, -0.2) is 0 Å². The van der Waals surface area contributed by atoms with Gasteiger partial charge in [-0.3, -0.25) is 0 Å². The molecule has 0 bridgehead atoms. The molecule has 6 heavy (non-hydrogen) atoms. The van der Waals surface area contributed by atoms with Crippen LogP contribution in [0, 0.1) is 0 Å². The van der Waals surface area contributed by atoms with E-state index in [0.717, 1.165) is 0 Å². The van der Waals surface area contributed by atoms with E-state index in [0.29, 0.717) is 0 Å². The molecule has 0 radical (unpaired) electrons. The molecule has 0 amide bonds. The van der Waals surface area contributed by atoms with E-state index in [9.17, 15) is 0 Å². The van der Waals surface area contributed by atoms with E-state index in [-0.39, 0.29) is 5.91 Å². The molecule has 0 saturated carbocycles. The third kappa shape index (κ3) is 0.970. The summed E-state index contributed by atoms with van der Waals surface area (Å²) in [4.78, 5) is 0. The molecular formula is C3H3PS2. The molecule has 0 aromatic carbocycles. The summed E-state index contributed by atoms with van der Waals surface area (Å²) >= 11 is 4.91. The van der Waals surface area contributed by atoms with Gasteiger partial charge in [0, 0.05) is 16.3 Å². The lowest BCUT2D eigenvalue weighted by Gasteiger charge is -1.68. The summed E-state index contributed by atoms with van der Waals surface area (Å²) in [5.74, 6) is 1.86. The van der Waals surface area contributed by atoms with Crippen LogP contribution >= 0.6 is 16.9 Å². The summed E-state index contributed by atoms with van der Waals surface area (Å²) in [6, 6.07) is 2.02. The fourth-order valence-electron chi connectivity index (χ4n) is 0.236.